The third-order valence-electron chi connectivity index (χ3n) is 4.26. The van der Waals surface area contributed by atoms with Crippen LogP contribution in [0.2, 0.25) is 0 Å². The molecule has 2 rings (SSSR count). The molecule has 0 unspecified atom stereocenters. The summed E-state index contributed by atoms with van der Waals surface area (Å²) < 4.78 is 0. The molecule has 0 atom stereocenters. The first kappa shape index (κ1) is 12.0. The summed E-state index contributed by atoms with van der Waals surface area (Å²) in [5.74, 6) is 2.04. The van der Waals surface area contributed by atoms with Crippen molar-refractivity contribution in [1.29, 1.82) is 0 Å². The first-order valence-corrected chi connectivity index (χ1v) is 7.24. The Morgan fingerprint density at radius 3 is 2.44 bits per heavy atom. The highest BCUT2D eigenvalue weighted by Gasteiger charge is 2.20. The lowest BCUT2D eigenvalue weighted by molar-refractivity contribution is 0.261. The fourth-order valence-corrected chi connectivity index (χ4v) is 3.28. The van der Waals surface area contributed by atoms with Crippen LogP contribution in [0, 0.1) is 11.8 Å². The van der Waals surface area contributed by atoms with Gasteiger partial charge in [0.05, 0.1) is 0 Å². The zero-order valence-corrected chi connectivity index (χ0v) is 10.8. The van der Waals surface area contributed by atoms with Gasteiger partial charge in [-0.1, -0.05) is 56.4 Å². The lowest BCUT2D eigenvalue weighted by Gasteiger charge is -2.28. The van der Waals surface area contributed by atoms with Crippen molar-refractivity contribution in [3.8, 4) is 0 Å². The number of rotatable bonds is 4. The van der Waals surface area contributed by atoms with E-state index >= 15 is 0 Å². The van der Waals surface area contributed by atoms with Crippen LogP contribution in [0.4, 0.5) is 0 Å². The van der Waals surface area contributed by atoms with E-state index in [0.29, 0.717) is 0 Å². The average molecular weight is 218 g/mol. The molecule has 0 nitrogen and oxygen atoms in total. The molecule has 0 radical (unpaired) electrons. The summed E-state index contributed by atoms with van der Waals surface area (Å²) in [5, 5.41) is 0. The molecule has 1 fully saturated rings. The van der Waals surface area contributed by atoms with Gasteiger partial charge in [0, 0.05) is 0 Å². The SMILES string of the molecule is CCCC1CCC(CC2=CCCC=C2)CC1. The van der Waals surface area contributed by atoms with E-state index in [-0.39, 0.29) is 0 Å². The number of hydrogen-bond donors (Lipinski definition) is 0. The van der Waals surface area contributed by atoms with Crippen molar-refractivity contribution in [3.05, 3.63) is 23.8 Å². The molecule has 1 saturated carbocycles. The van der Waals surface area contributed by atoms with Crippen molar-refractivity contribution >= 4 is 0 Å². The van der Waals surface area contributed by atoms with Gasteiger partial charge < -0.3 is 0 Å². The fourth-order valence-electron chi connectivity index (χ4n) is 3.28. The Kier molecular flexibility index (Phi) is 4.69. The molecule has 0 amide bonds. The Hall–Kier alpha value is -0.520. The molecule has 0 N–H and O–H groups in total. The predicted molar refractivity (Wildman–Crippen MR) is 71.4 cm³/mol. The van der Waals surface area contributed by atoms with Gasteiger partial charge in [-0.15, -0.1) is 0 Å². The lowest BCUT2D eigenvalue weighted by Crippen LogP contribution is -2.14. The van der Waals surface area contributed by atoms with Crippen LogP contribution in [0.15, 0.2) is 23.8 Å². The Bertz CT molecular complexity index is 251. The Labute approximate surface area is 101 Å². The summed E-state index contributed by atoms with van der Waals surface area (Å²) in [4.78, 5) is 0. The van der Waals surface area contributed by atoms with Gasteiger partial charge in [-0.3, -0.25) is 0 Å². The molecule has 0 aromatic carbocycles. The van der Waals surface area contributed by atoms with Gasteiger partial charge in [-0.25, -0.2) is 0 Å². The highest BCUT2D eigenvalue weighted by molar-refractivity contribution is 5.22. The predicted octanol–water partition coefficient (Wildman–Crippen LogP) is 5.26. The van der Waals surface area contributed by atoms with Crippen LogP contribution in [0.1, 0.15) is 64.7 Å². The molecule has 90 valence electrons. The summed E-state index contributed by atoms with van der Waals surface area (Å²) in [6, 6.07) is 0. The molecule has 0 saturated heterocycles. The van der Waals surface area contributed by atoms with Gasteiger partial charge in [-0.05, 0) is 43.9 Å². The molecule has 0 aromatic heterocycles. The molecule has 0 heteroatoms. The van der Waals surface area contributed by atoms with Crippen molar-refractivity contribution in [2.75, 3.05) is 0 Å². The summed E-state index contributed by atoms with van der Waals surface area (Å²) in [5.41, 5.74) is 1.62. The van der Waals surface area contributed by atoms with Gasteiger partial charge in [0.2, 0.25) is 0 Å². The second-order valence-electron chi connectivity index (χ2n) is 5.64. The number of hydrogen-bond acceptors (Lipinski definition) is 0. The van der Waals surface area contributed by atoms with Crippen LogP contribution < -0.4 is 0 Å². The van der Waals surface area contributed by atoms with E-state index in [1.165, 1.54) is 57.8 Å². The monoisotopic (exact) mass is 218 g/mol. The van der Waals surface area contributed by atoms with E-state index < -0.39 is 0 Å². The summed E-state index contributed by atoms with van der Waals surface area (Å²) in [6.07, 6.45) is 19.9. The molecule has 2 aliphatic carbocycles. The third-order valence-corrected chi connectivity index (χ3v) is 4.26. The van der Waals surface area contributed by atoms with Crippen molar-refractivity contribution in [3.63, 3.8) is 0 Å². The Morgan fingerprint density at radius 1 is 1.06 bits per heavy atom. The molecule has 0 aromatic rings. The zero-order chi connectivity index (χ0) is 11.2. The summed E-state index contributed by atoms with van der Waals surface area (Å²) >= 11 is 0. The van der Waals surface area contributed by atoms with Gasteiger partial charge >= 0.3 is 0 Å². The van der Waals surface area contributed by atoms with E-state index in [9.17, 15) is 0 Å². The third kappa shape index (κ3) is 3.50. The Balaban J connectivity index is 1.72. The van der Waals surface area contributed by atoms with Crippen LogP contribution in [-0.4, -0.2) is 0 Å². The standard InChI is InChI=1S/C16H26/c1-2-6-14-9-11-16(12-10-14)13-15-7-4-3-5-8-15/h4,7-8,14,16H,2-3,5-6,9-13H2,1H3. The molecule has 0 heterocycles. The van der Waals surface area contributed by atoms with Crippen LogP contribution >= 0.6 is 0 Å². The first-order chi connectivity index (χ1) is 7.88. The minimum atomic E-state index is 0.988. The highest BCUT2D eigenvalue weighted by atomic mass is 14.3. The van der Waals surface area contributed by atoms with Crippen LogP contribution in [-0.2, 0) is 0 Å². The van der Waals surface area contributed by atoms with Crippen LogP contribution in [0.5, 0.6) is 0 Å². The van der Waals surface area contributed by atoms with E-state index in [2.05, 4.69) is 25.2 Å². The minimum Gasteiger partial charge on any atom is -0.0840 e. The fraction of sp³-hybridized carbons (Fsp3) is 0.750. The lowest BCUT2D eigenvalue weighted by atomic mass is 9.77. The van der Waals surface area contributed by atoms with Gasteiger partial charge in [-0.2, -0.15) is 0 Å². The van der Waals surface area contributed by atoms with Crippen LogP contribution in [0.3, 0.4) is 0 Å². The maximum atomic E-state index is 2.46. The van der Waals surface area contributed by atoms with E-state index in [4.69, 9.17) is 0 Å². The second-order valence-corrected chi connectivity index (χ2v) is 5.64. The maximum absolute atomic E-state index is 2.46. The smallest absolute Gasteiger partial charge is 0.0254 e. The first-order valence-electron chi connectivity index (χ1n) is 7.24. The molecule has 0 bridgehead atoms. The van der Waals surface area contributed by atoms with E-state index in [1.54, 1.807) is 5.57 Å². The second kappa shape index (κ2) is 6.27. The van der Waals surface area contributed by atoms with Gasteiger partial charge in [0.15, 0.2) is 0 Å². The molecule has 16 heavy (non-hydrogen) atoms. The van der Waals surface area contributed by atoms with E-state index in [1.807, 2.05) is 0 Å². The number of allylic oxidation sites excluding steroid dienone is 4. The molecular weight excluding hydrogens is 192 g/mol. The molecular formula is C16H26. The van der Waals surface area contributed by atoms with Gasteiger partial charge in [0.25, 0.3) is 0 Å². The molecule has 0 aliphatic heterocycles. The summed E-state index contributed by atoms with van der Waals surface area (Å²) in [7, 11) is 0. The van der Waals surface area contributed by atoms with Crippen LogP contribution in [0.25, 0.3) is 0 Å². The maximum Gasteiger partial charge on any atom is -0.0254 e. The minimum absolute atomic E-state index is 0.988. The Morgan fingerprint density at radius 2 is 1.81 bits per heavy atom. The quantitative estimate of drug-likeness (QED) is 0.604. The largest absolute Gasteiger partial charge is 0.0840 e. The van der Waals surface area contributed by atoms with Crippen molar-refractivity contribution in [1.82, 2.24) is 0 Å². The zero-order valence-electron chi connectivity index (χ0n) is 10.8. The average Bonchev–Trinajstić information content (AvgIpc) is 2.33. The highest BCUT2D eigenvalue weighted by Crippen LogP contribution is 2.35. The summed E-state index contributed by atoms with van der Waals surface area (Å²) in [6.45, 7) is 2.32. The molecule has 0 spiro atoms. The van der Waals surface area contributed by atoms with Gasteiger partial charge in [0.1, 0.15) is 0 Å². The molecule has 2 aliphatic rings. The topological polar surface area (TPSA) is 0 Å². The normalized spacial score (nSPS) is 30.2. The van der Waals surface area contributed by atoms with Crippen molar-refractivity contribution in [2.24, 2.45) is 11.8 Å². The van der Waals surface area contributed by atoms with Crippen molar-refractivity contribution in [2.45, 2.75) is 64.7 Å². The van der Waals surface area contributed by atoms with Crippen molar-refractivity contribution < 1.29 is 0 Å². The van der Waals surface area contributed by atoms with E-state index in [0.717, 1.165) is 11.8 Å².